The van der Waals surface area contributed by atoms with Crippen molar-refractivity contribution in [3.05, 3.63) is 54.1 Å². The number of nitrogens with two attached hydrogens (primary N) is 1. The number of imidazole rings is 1. The molecule has 0 aliphatic rings. The van der Waals surface area contributed by atoms with E-state index in [1.165, 1.54) is 12.5 Å². The number of aliphatic hydroxyl groups is 1. The number of aliphatic carboxylic acids is 1. The van der Waals surface area contributed by atoms with Crippen molar-refractivity contribution in [2.75, 3.05) is 6.61 Å². The molecule has 35 heavy (non-hydrogen) atoms. The number of nitrogens with zero attached hydrogens (tertiary/aromatic N) is 1. The highest BCUT2D eigenvalue weighted by molar-refractivity contribution is 5.94. The molecule has 2 rings (SSSR count). The van der Waals surface area contributed by atoms with Gasteiger partial charge in [-0.3, -0.25) is 14.4 Å². The summed E-state index contributed by atoms with van der Waals surface area (Å²) in [5.74, 6) is -3.63. The average molecular weight is 489 g/mol. The smallest absolute Gasteiger partial charge is 0.326 e. The molecule has 0 bridgehead atoms. The van der Waals surface area contributed by atoms with E-state index < -0.39 is 54.5 Å². The highest BCUT2D eigenvalue weighted by Crippen LogP contribution is 2.06. The van der Waals surface area contributed by atoms with Crippen molar-refractivity contribution in [3.63, 3.8) is 0 Å². The van der Waals surface area contributed by atoms with E-state index in [-0.39, 0.29) is 18.8 Å². The second kappa shape index (κ2) is 13.2. The van der Waals surface area contributed by atoms with Gasteiger partial charge in [-0.2, -0.15) is 0 Å². The second-order valence-corrected chi connectivity index (χ2v) is 8.44. The number of aromatic amines is 1. The fraction of sp³-hybridized carbons (Fsp3) is 0.435. The zero-order chi connectivity index (χ0) is 26.0. The summed E-state index contributed by atoms with van der Waals surface area (Å²) in [6, 6.07) is 4.10. The molecule has 0 aliphatic carbocycles. The summed E-state index contributed by atoms with van der Waals surface area (Å²) in [5, 5.41) is 26.6. The molecule has 1 aromatic carbocycles. The summed E-state index contributed by atoms with van der Waals surface area (Å²) in [6.45, 7) is 2.75. The largest absolute Gasteiger partial charge is 0.480 e. The predicted octanol–water partition coefficient (Wildman–Crippen LogP) is -1.29. The van der Waals surface area contributed by atoms with Crippen LogP contribution in [0.25, 0.3) is 0 Å². The summed E-state index contributed by atoms with van der Waals surface area (Å²) >= 11 is 0. The molecule has 1 heterocycles. The third-order valence-corrected chi connectivity index (χ3v) is 5.35. The molecule has 0 saturated heterocycles. The minimum Gasteiger partial charge on any atom is -0.480 e. The SMILES string of the molecule is CC(C)C(N)C(=O)NC(CO)C(=O)NC(Cc1ccccc1)C(=O)NC(Cc1cnc[nH]1)C(=O)O. The molecular weight excluding hydrogens is 456 g/mol. The van der Waals surface area contributed by atoms with Crippen LogP contribution in [0.15, 0.2) is 42.9 Å². The standard InChI is InChI=1S/C23H32N6O6/c1-13(2)19(24)22(33)29-18(11-30)21(32)27-16(8-14-6-4-3-5-7-14)20(31)28-17(23(34)35)9-15-10-25-12-26-15/h3-7,10,12-13,16-19,30H,8-9,11,24H2,1-2H3,(H,25,26)(H,27,32)(H,28,31)(H,29,33)(H,34,35). The number of carbonyl (C=O) groups excluding carboxylic acids is 3. The third kappa shape index (κ3) is 8.50. The Labute approximate surface area is 202 Å². The van der Waals surface area contributed by atoms with Gasteiger partial charge >= 0.3 is 5.97 Å². The lowest BCUT2D eigenvalue weighted by molar-refractivity contribution is -0.142. The van der Waals surface area contributed by atoms with E-state index in [1.807, 2.05) is 0 Å². The Morgan fingerprint density at radius 2 is 1.54 bits per heavy atom. The van der Waals surface area contributed by atoms with Crippen LogP contribution >= 0.6 is 0 Å². The van der Waals surface area contributed by atoms with Crippen molar-refractivity contribution in [3.8, 4) is 0 Å². The van der Waals surface area contributed by atoms with Crippen LogP contribution in [0.2, 0.25) is 0 Å². The molecule has 4 unspecified atom stereocenters. The van der Waals surface area contributed by atoms with Crippen molar-refractivity contribution in [1.82, 2.24) is 25.9 Å². The maximum Gasteiger partial charge on any atom is 0.326 e. The van der Waals surface area contributed by atoms with Gasteiger partial charge in [0.1, 0.15) is 18.1 Å². The number of aliphatic hydroxyl groups excluding tert-OH is 1. The van der Waals surface area contributed by atoms with Crippen LogP contribution < -0.4 is 21.7 Å². The highest BCUT2D eigenvalue weighted by Gasteiger charge is 2.31. The Morgan fingerprint density at radius 1 is 0.943 bits per heavy atom. The fourth-order valence-electron chi connectivity index (χ4n) is 3.18. The maximum atomic E-state index is 13.1. The zero-order valence-electron chi connectivity index (χ0n) is 19.6. The minimum atomic E-state index is -1.35. The van der Waals surface area contributed by atoms with E-state index in [4.69, 9.17) is 5.73 Å². The lowest BCUT2D eigenvalue weighted by Crippen LogP contribution is -2.59. The highest BCUT2D eigenvalue weighted by atomic mass is 16.4. The molecule has 3 amide bonds. The number of carbonyl (C=O) groups is 4. The number of hydrogen-bond acceptors (Lipinski definition) is 7. The summed E-state index contributed by atoms with van der Waals surface area (Å²) in [5.41, 5.74) is 7.01. The number of rotatable bonds is 13. The van der Waals surface area contributed by atoms with Crippen molar-refractivity contribution < 1.29 is 29.4 Å². The van der Waals surface area contributed by atoms with E-state index in [0.717, 1.165) is 0 Å². The predicted molar refractivity (Wildman–Crippen MR) is 126 cm³/mol. The first kappa shape index (κ1) is 27.5. The van der Waals surface area contributed by atoms with Crippen molar-refractivity contribution in [2.24, 2.45) is 11.7 Å². The topological polar surface area (TPSA) is 200 Å². The molecule has 0 radical (unpaired) electrons. The van der Waals surface area contributed by atoms with Gasteiger partial charge in [0.2, 0.25) is 17.7 Å². The number of hydrogen-bond donors (Lipinski definition) is 7. The molecule has 0 saturated carbocycles. The zero-order valence-corrected chi connectivity index (χ0v) is 19.6. The number of H-pyrrole nitrogens is 1. The van der Waals surface area contributed by atoms with E-state index in [9.17, 15) is 29.4 Å². The number of benzene rings is 1. The first-order valence-electron chi connectivity index (χ1n) is 11.1. The first-order valence-corrected chi connectivity index (χ1v) is 11.1. The lowest BCUT2D eigenvalue weighted by Gasteiger charge is -2.25. The number of nitrogens with one attached hydrogen (secondary N) is 4. The molecule has 0 fully saturated rings. The Hall–Kier alpha value is -3.77. The summed E-state index contributed by atoms with van der Waals surface area (Å²) in [4.78, 5) is 56.5. The Kier molecular flexibility index (Phi) is 10.4. The van der Waals surface area contributed by atoms with E-state index in [2.05, 4.69) is 25.9 Å². The van der Waals surface area contributed by atoms with Crippen molar-refractivity contribution >= 4 is 23.7 Å². The van der Waals surface area contributed by atoms with E-state index in [1.54, 1.807) is 44.2 Å². The van der Waals surface area contributed by atoms with Gasteiger partial charge in [0.15, 0.2) is 0 Å². The average Bonchev–Trinajstić information content (AvgIpc) is 3.34. The van der Waals surface area contributed by atoms with Crippen LogP contribution in [0, 0.1) is 5.92 Å². The van der Waals surface area contributed by atoms with Crippen LogP contribution in [0.3, 0.4) is 0 Å². The fourth-order valence-corrected chi connectivity index (χ4v) is 3.18. The van der Waals surface area contributed by atoms with E-state index >= 15 is 0 Å². The number of carboxylic acids is 1. The Morgan fingerprint density at radius 3 is 2.09 bits per heavy atom. The summed E-state index contributed by atoms with van der Waals surface area (Å²) < 4.78 is 0. The quantitative estimate of drug-likeness (QED) is 0.180. The van der Waals surface area contributed by atoms with E-state index in [0.29, 0.717) is 11.3 Å². The van der Waals surface area contributed by atoms with Crippen LogP contribution in [0.1, 0.15) is 25.1 Å². The van der Waals surface area contributed by atoms with Gasteiger partial charge < -0.3 is 36.9 Å². The molecule has 2 aromatic rings. The van der Waals surface area contributed by atoms with Crippen LogP contribution in [-0.2, 0) is 32.0 Å². The first-order chi connectivity index (χ1) is 16.6. The van der Waals surface area contributed by atoms with Gasteiger partial charge in [-0.1, -0.05) is 44.2 Å². The van der Waals surface area contributed by atoms with Crippen molar-refractivity contribution in [1.29, 1.82) is 0 Å². The minimum absolute atomic E-state index is 0.0461. The third-order valence-electron chi connectivity index (χ3n) is 5.35. The maximum absolute atomic E-state index is 13.1. The monoisotopic (exact) mass is 488 g/mol. The molecule has 8 N–H and O–H groups in total. The molecule has 1 aromatic heterocycles. The van der Waals surface area contributed by atoms with Gasteiger partial charge in [-0.05, 0) is 11.5 Å². The normalized spacial score (nSPS) is 14.4. The molecule has 0 aliphatic heterocycles. The molecule has 12 heteroatoms. The van der Waals surface area contributed by atoms with Gasteiger partial charge in [0.25, 0.3) is 0 Å². The Balaban J connectivity index is 2.17. The molecule has 4 atom stereocenters. The summed E-state index contributed by atoms with van der Waals surface area (Å²) in [7, 11) is 0. The molecule has 0 spiro atoms. The van der Waals surface area contributed by atoms with Crippen LogP contribution in [0.4, 0.5) is 0 Å². The van der Waals surface area contributed by atoms with Gasteiger partial charge in [-0.15, -0.1) is 0 Å². The number of aromatic nitrogens is 2. The molecule has 12 nitrogen and oxygen atoms in total. The molecular formula is C23H32N6O6. The summed E-state index contributed by atoms with van der Waals surface area (Å²) in [6.07, 6.45) is 2.84. The van der Waals surface area contributed by atoms with Gasteiger partial charge in [-0.25, -0.2) is 9.78 Å². The van der Waals surface area contributed by atoms with Crippen LogP contribution in [0.5, 0.6) is 0 Å². The second-order valence-electron chi connectivity index (χ2n) is 8.44. The molecule has 190 valence electrons. The van der Waals surface area contributed by atoms with Crippen molar-refractivity contribution in [2.45, 2.75) is 50.9 Å². The lowest BCUT2D eigenvalue weighted by atomic mass is 10.0. The Bertz CT molecular complexity index is 982. The van der Waals surface area contributed by atoms with Crippen LogP contribution in [-0.4, -0.2) is 74.6 Å². The van der Waals surface area contributed by atoms with Gasteiger partial charge in [0, 0.05) is 24.7 Å². The number of carboxylic acid groups (broad SMARTS) is 1. The number of amides is 3. The van der Waals surface area contributed by atoms with Gasteiger partial charge in [0.05, 0.1) is 19.0 Å².